The van der Waals surface area contributed by atoms with E-state index in [1.165, 1.54) is 21.3 Å². The Morgan fingerprint density at radius 1 is 0.794 bits per heavy atom. The molecule has 3 aromatic carbocycles. The minimum atomic E-state index is -3.22. The van der Waals surface area contributed by atoms with E-state index in [2.05, 4.69) is 5.32 Å². The largest absolute Gasteiger partial charge is 0.467 e. The summed E-state index contributed by atoms with van der Waals surface area (Å²) in [6.07, 6.45) is 0.0801. The first-order valence-corrected chi connectivity index (χ1v) is 12.4. The Labute approximate surface area is 199 Å². The van der Waals surface area contributed by atoms with Gasteiger partial charge in [-0.1, -0.05) is 72.8 Å². The monoisotopic (exact) mass is 481 g/mol. The van der Waals surface area contributed by atoms with E-state index in [0.717, 1.165) is 11.1 Å². The van der Waals surface area contributed by atoms with E-state index in [1.54, 1.807) is 24.3 Å². The number of carbonyl (C=O) groups excluding carboxylic acids is 2. The molecule has 0 spiro atoms. The molecule has 0 aliphatic rings. The highest BCUT2D eigenvalue weighted by Crippen LogP contribution is 2.49. The van der Waals surface area contributed by atoms with Crippen LogP contribution in [0.2, 0.25) is 0 Å². The molecule has 0 unspecified atom stereocenters. The van der Waals surface area contributed by atoms with Crippen molar-refractivity contribution in [3.8, 4) is 0 Å². The highest BCUT2D eigenvalue weighted by Gasteiger charge is 2.33. The van der Waals surface area contributed by atoms with Crippen molar-refractivity contribution >= 4 is 19.5 Å². The Hall–Kier alpha value is -3.25. The summed E-state index contributed by atoms with van der Waals surface area (Å²) < 4.78 is 27.4. The van der Waals surface area contributed by atoms with E-state index >= 15 is 0 Å². The van der Waals surface area contributed by atoms with E-state index in [9.17, 15) is 14.2 Å². The topological polar surface area (TPSA) is 90.9 Å². The molecule has 8 heteroatoms. The first-order valence-electron chi connectivity index (χ1n) is 10.7. The van der Waals surface area contributed by atoms with Crippen molar-refractivity contribution < 1.29 is 27.9 Å². The molecule has 34 heavy (non-hydrogen) atoms. The van der Waals surface area contributed by atoms with Gasteiger partial charge in [-0.05, 0) is 28.8 Å². The van der Waals surface area contributed by atoms with Gasteiger partial charge in [0.1, 0.15) is 6.04 Å². The van der Waals surface area contributed by atoms with Gasteiger partial charge in [-0.25, -0.2) is 4.79 Å². The number of hydrogen-bond donors (Lipinski definition) is 1. The van der Waals surface area contributed by atoms with Crippen LogP contribution >= 0.6 is 7.60 Å². The lowest BCUT2D eigenvalue weighted by Crippen LogP contribution is -2.46. The zero-order chi connectivity index (χ0) is 24.6. The number of benzene rings is 3. The molecule has 7 nitrogen and oxygen atoms in total. The van der Waals surface area contributed by atoms with Crippen LogP contribution in [0.4, 0.5) is 0 Å². The second-order valence-electron chi connectivity index (χ2n) is 7.60. The third-order valence-electron chi connectivity index (χ3n) is 5.54. The predicted molar refractivity (Wildman–Crippen MR) is 130 cm³/mol. The van der Waals surface area contributed by atoms with Crippen LogP contribution in [0.3, 0.4) is 0 Å². The van der Waals surface area contributed by atoms with Crippen molar-refractivity contribution in [2.24, 2.45) is 0 Å². The maximum absolute atomic E-state index is 13.1. The van der Waals surface area contributed by atoms with Gasteiger partial charge in [0, 0.05) is 25.7 Å². The fourth-order valence-electron chi connectivity index (χ4n) is 3.72. The molecule has 1 N–H and O–H groups in total. The normalized spacial score (nSPS) is 12.2. The molecule has 1 amide bonds. The molecule has 0 saturated carbocycles. The summed E-state index contributed by atoms with van der Waals surface area (Å²) in [4.78, 5) is 26.0. The summed E-state index contributed by atoms with van der Waals surface area (Å²) in [5.41, 5.74) is 2.78. The average Bonchev–Trinajstić information content (AvgIpc) is 2.89. The van der Waals surface area contributed by atoms with Gasteiger partial charge in [0.05, 0.1) is 13.3 Å². The quantitative estimate of drug-likeness (QED) is 0.331. The molecule has 0 aliphatic carbocycles. The molecule has 3 aromatic rings. The predicted octanol–water partition coefficient (Wildman–Crippen LogP) is 4.78. The van der Waals surface area contributed by atoms with Crippen LogP contribution in [0, 0.1) is 0 Å². The van der Waals surface area contributed by atoms with E-state index in [0.29, 0.717) is 11.1 Å². The fourth-order valence-corrected chi connectivity index (χ4v) is 4.78. The van der Waals surface area contributed by atoms with Crippen LogP contribution in [-0.4, -0.2) is 39.2 Å². The van der Waals surface area contributed by atoms with Gasteiger partial charge in [-0.15, -0.1) is 0 Å². The molecule has 0 fully saturated rings. The Bertz CT molecular complexity index is 1090. The molecule has 0 heterocycles. The fraction of sp³-hybridized carbons (Fsp3) is 0.231. The number of hydrogen-bond acceptors (Lipinski definition) is 6. The number of ether oxygens (including phenoxy) is 1. The summed E-state index contributed by atoms with van der Waals surface area (Å²) in [6, 6.07) is 24.6. The number of carbonyl (C=O) groups is 2. The molecule has 178 valence electrons. The lowest BCUT2D eigenvalue weighted by Gasteiger charge is -2.27. The molecule has 1 atom stereocenters. The molecule has 0 aliphatic heterocycles. The number of methoxy groups -OCH3 is 1. The highest BCUT2D eigenvalue weighted by atomic mass is 31.2. The summed E-state index contributed by atoms with van der Waals surface area (Å²) in [5, 5.41) is 2.85. The van der Waals surface area contributed by atoms with Crippen LogP contribution in [0.5, 0.6) is 0 Å². The molecule has 3 rings (SSSR count). The Morgan fingerprint density at radius 2 is 1.29 bits per heavy atom. The Morgan fingerprint density at radius 3 is 1.74 bits per heavy atom. The average molecular weight is 481 g/mol. The third-order valence-corrected chi connectivity index (χ3v) is 7.41. The SMILES string of the molecule is COC(=O)[C@@H](NC(=O)c1ccc(CP(=O)(OC)OC)cc1)C(c1ccccc1)c1ccccc1. The second kappa shape index (κ2) is 11.7. The van der Waals surface area contributed by atoms with Gasteiger partial charge < -0.3 is 19.1 Å². The minimum Gasteiger partial charge on any atom is -0.467 e. The van der Waals surface area contributed by atoms with Crippen molar-refractivity contribution in [3.63, 3.8) is 0 Å². The van der Waals surface area contributed by atoms with E-state index in [4.69, 9.17) is 13.8 Å². The van der Waals surface area contributed by atoms with Gasteiger partial charge in [0.25, 0.3) is 5.91 Å². The number of rotatable bonds is 10. The van der Waals surface area contributed by atoms with Crippen LogP contribution in [0.15, 0.2) is 84.9 Å². The van der Waals surface area contributed by atoms with Gasteiger partial charge in [-0.3, -0.25) is 9.36 Å². The molecular formula is C26H28NO6P. The Balaban J connectivity index is 1.89. The molecular weight excluding hydrogens is 453 g/mol. The van der Waals surface area contributed by atoms with Crippen molar-refractivity contribution in [1.29, 1.82) is 0 Å². The maximum Gasteiger partial charge on any atom is 0.334 e. The number of esters is 1. The lowest BCUT2D eigenvalue weighted by molar-refractivity contribution is -0.143. The van der Waals surface area contributed by atoms with Gasteiger partial charge >= 0.3 is 13.6 Å². The molecule has 0 radical (unpaired) electrons. The molecule has 0 aromatic heterocycles. The zero-order valence-electron chi connectivity index (χ0n) is 19.3. The summed E-state index contributed by atoms with van der Waals surface area (Å²) in [6.45, 7) is 0. The second-order valence-corrected chi connectivity index (χ2v) is 9.87. The lowest BCUT2D eigenvalue weighted by atomic mass is 9.84. The zero-order valence-corrected chi connectivity index (χ0v) is 20.2. The van der Waals surface area contributed by atoms with Crippen molar-refractivity contribution in [2.75, 3.05) is 21.3 Å². The van der Waals surface area contributed by atoms with Gasteiger partial charge in [0.2, 0.25) is 0 Å². The molecule has 0 saturated heterocycles. The van der Waals surface area contributed by atoms with E-state index in [1.807, 2.05) is 60.7 Å². The van der Waals surface area contributed by atoms with Crippen LogP contribution in [-0.2, 0) is 29.3 Å². The minimum absolute atomic E-state index is 0.0801. The maximum atomic E-state index is 13.1. The van der Waals surface area contributed by atoms with E-state index < -0.39 is 31.4 Å². The van der Waals surface area contributed by atoms with Crippen molar-refractivity contribution in [3.05, 3.63) is 107 Å². The Kier molecular flexibility index (Phi) is 8.77. The number of nitrogens with one attached hydrogen (secondary N) is 1. The first-order chi connectivity index (χ1) is 16.4. The number of amides is 1. The summed E-state index contributed by atoms with van der Waals surface area (Å²) in [7, 11) is 0.731. The van der Waals surface area contributed by atoms with Crippen molar-refractivity contribution in [1.82, 2.24) is 5.32 Å². The van der Waals surface area contributed by atoms with Crippen LogP contribution in [0.25, 0.3) is 0 Å². The van der Waals surface area contributed by atoms with Crippen LogP contribution < -0.4 is 5.32 Å². The van der Waals surface area contributed by atoms with Crippen LogP contribution in [0.1, 0.15) is 33.0 Å². The standard InChI is InChI=1S/C26H28NO6P/c1-31-26(29)24(23(20-10-6-4-7-11-20)21-12-8-5-9-13-21)27-25(28)22-16-14-19(15-17-22)18-34(30,32-2)33-3/h4-17,23-24H,18H2,1-3H3,(H,27,28)/t24-/m0/s1. The summed E-state index contributed by atoms with van der Waals surface area (Å²) in [5.74, 6) is -1.43. The smallest absolute Gasteiger partial charge is 0.334 e. The molecule has 0 bridgehead atoms. The van der Waals surface area contributed by atoms with E-state index in [-0.39, 0.29) is 6.16 Å². The highest BCUT2D eigenvalue weighted by molar-refractivity contribution is 7.52. The third kappa shape index (κ3) is 6.20. The summed E-state index contributed by atoms with van der Waals surface area (Å²) >= 11 is 0. The van der Waals surface area contributed by atoms with Gasteiger partial charge in [0.15, 0.2) is 0 Å². The van der Waals surface area contributed by atoms with Gasteiger partial charge in [-0.2, -0.15) is 0 Å². The first kappa shape index (κ1) is 25.4. The van der Waals surface area contributed by atoms with Crippen molar-refractivity contribution in [2.45, 2.75) is 18.1 Å².